The van der Waals surface area contributed by atoms with Gasteiger partial charge in [0.25, 0.3) is 5.91 Å². The summed E-state index contributed by atoms with van der Waals surface area (Å²) in [6.45, 7) is 3.79. The maximum atomic E-state index is 13.4. The number of hydrogen-bond donors (Lipinski definition) is 2. The van der Waals surface area contributed by atoms with E-state index in [1.807, 2.05) is 44.2 Å². The predicted octanol–water partition coefficient (Wildman–Crippen LogP) is 3.37. The number of amides is 1. The van der Waals surface area contributed by atoms with Gasteiger partial charge in [0.1, 0.15) is 0 Å². The Morgan fingerprint density at radius 3 is 2.32 bits per heavy atom. The maximum absolute atomic E-state index is 13.4. The molecule has 0 saturated heterocycles. The summed E-state index contributed by atoms with van der Waals surface area (Å²) in [7, 11) is 0. The van der Waals surface area contributed by atoms with E-state index in [2.05, 4.69) is 12.6 Å². The molecule has 0 bridgehead atoms. The molecule has 138 valence electrons. The molecule has 2 aliphatic rings. The zero-order chi connectivity index (χ0) is 20.2. The lowest BCUT2D eigenvalue weighted by Gasteiger charge is -2.24. The van der Waals surface area contributed by atoms with Crippen LogP contribution in [0.3, 0.4) is 0 Å². The minimum atomic E-state index is -0.294. The molecule has 0 saturated carbocycles. The molecule has 2 aromatic rings. The number of benzene rings is 2. The Morgan fingerprint density at radius 2 is 1.71 bits per heavy atom. The number of nitriles is 1. The highest BCUT2D eigenvalue weighted by atomic mass is 32.1. The number of nitrogens with two attached hydrogens (primary N) is 1. The Morgan fingerprint density at radius 1 is 1.04 bits per heavy atom. The number of thiol groups is 1. The number of hydrogen-bond acceptors (Lipinski definition) is 5. The molecule has 0 radical (unpaired) electrons. The first-order valence-corrected chi connectivity index (χ1v) is 9.26. The summed E-state index contributed by atoms with van der Waals surface area (Å²) in [5, 5.41) is 9.21. The second-order valence-electron chi connectivity index (χ2n) is 7.03. The van der Waals surface area contributed by atoms with Gasteiger partial charge in [0.2, 0.25) is 0 Å². The summed E-state index contributed by atoms with van der Waals surface area (Å²) >= 11 is 4.32. The lowest BCUT2D eigenvalue weighted by Crippen LogP contribution is -2.32. The van der Waals surface area contributed by atoms with Crippen molar-refractivity contribution in [3.63, 3.8) is 0 Å². The van der Waals surface area contributed by atoms with Crippen LogP contribution in [0.15, 0.2) is 58.5 Å². The molecule has 0 spiro atoms. The van der Waals surface area contributed by atoms with Crippen LogP contribution < -0.4 is 5.73 Å². The number of ketones is 1. The van der Waals surface area contributed by atoms with Gasteiger partial charge in [0.15, 0.2) is 5.78 Å². The van der Waals surface area contributed by atoms with Gasteiger partial charge in [0, 0.05) is 22.1 Å². The second-order valence-corrected chi connectivity index (χ2v) is 7.55. The highest BCUT2D eigenvalue weighted by Gasteiger charge is 2.45. The van der Waals surface area contributed by atoms with Gasteiger partial charge in [-0.3, -0.25) is 9.59 Å². The third-order valence-corrected chi connectivity index (χ3v) is 5.30. The Hall–Kier alpha value is -3.30. The van der Waals surface area contributed by atoms with Gasteiger partial charge in [0.05, 0.1) is 34.2 Å². The normalized spacial score (nSPS) is 15.9. The van der Waals surface area contributed by atoms with Crippen molar-refractivity contribution in [2.24, 2.45) is 5.73 Å². The number of rotatable bonds is 2. The van der Waals surface area contributed by atoms with Crippen molar-refractivity contribution in [1.29, 1.82) is 5.26 Å². The summed E-state index contributed by atoms with van der Waals surface area (Å²) in [6.07, 6.45) is 0. The average molecular weight is 387 g/mol. The van der Waals surface area contributed by atoms with Gasteiger partial charge in [-0.25, -0.2) is 0 Å². The Labute approximate surface area is 168 Å². The first kappa shape index (κ1) is 18.1. The molecule has 5 nitrogen and oxygen atoms in total. The van der Waals surface area contributed by atoms with Crippen LogP contribution in [-0.4, -0.2) is 22.6 Å². The highest BCUT2D eigenvalue weighted by Crippen LogP contribution is 2.44. The molecule has 28 heavy (non-hydrogen) atoms. The zero-order valence-corrected chi connectivity index (χ0v) is 16.2. The third kappa shape index (κ3) is 2.48. The summed E-state index contributed by atoms with van der Waals surface area (Å²) in [5.74, 6) is -0.575. The number of nitrogens with zero attached hydrogens (tertiary/aromatic N) is 2. The first-order chi connectivity index (χ1) is 13.3. The van der Waals surface area contributed by atoms with Crippen molar-refractivity contribution in [3.8, 4) is 6.07 Å². The van der Waals surface area contributed by atoms with E-state index in [0.29, 0.717) is 28.0 Å². The standard InChI is InChI=1S/C22H17N3O2S/c1-11(2)25-20(13-4-6-14(28)7-5-13)18-17(22(25)27)19(24)15-8-3-12(10-23)9-16(15)21(18)26/h3-9,11,28H,24H2,1-2H3. The van der Waals surface area contributed by atoms with Crippen molar-refractivity contribution in [3.05, 3.63) is 75.9 Å². The minimum Gasteiger partial charge on any atom is -0.398 e. The van der Waals surface area contributed by atoms with E-state index in [4.69, 9.17) is 5.73 Å². The Kier molecular flexibility index (Phi) is 4.13. The third-order valence-electron chi connectivity index (χ3n) is 5.00. The van der Waals surface area contributed by atoms with Gasteiger partial charge >= 0.3 is 0 Å². The summed E-state index contributed by atoms with van der Waals surface area (Å²) in [4.78, 5) is 29.1. The molecule has 6 heteroatoms. The van der Waals surface area contributed by atoms with E-state index in [-0.39, 0.29) is 29.0 Å². The number of fused-ring (bicyclic) bond motifs is 2. The topological polar surface area (TPSA) is 87.2 Å². The molecule has 2 N–H and O–H groups in total. The summed E-state index contributed by atoms with van der Waals surface area (Å²) in [6, 6.07) is 13.9. The number of carbonyl (C=O) groups is 2. The molecule has 0 aromatic heterocycles. The van der Waals surface area contributed by atoms with Gasteiger partial charge in [-0.05, 0) is 43.7 Å². The maximum Gasteiger partial charge on any atom is 0.261 e. The predicted molar refractivity (Wildman–Crippen MR) is 109 cm³/mol. The van der Waals surface area contributed by atoms with Crippen LogP contribution in [0.2, 0.25) is 0 Å². The van der Waals surface area contributed by atoms with Crippen LogP contribution in [0.25, 0.3) is 11.4 Å². The molecule has 1 aliphatic carbocycles. The highest BCUT2D eigenvalue weighted by molar-refractivity contribution is 7.80. The van der Waals surface area contributed by atoms with Crippen LogP contribution in [0.1, 0.15) is 40.9 Å². The summed E-state index contributed by atoms with van der Waals surface area (Å²) in [5.41, 5.74) is 9.65. The summed E-state index contributed by atoms with van der Waals surface area (Å²) < 4.78 is 0. The van der Waals surface area contributed by atoms with Crippen molar-refractivity contribution >= 4 is 35.7 Å². The fraction of sp³-hybridized carbons (Fsp3) is 0.136. The van der Waals surface area contributed by atoms with Gasteiger partial charge < -0.3 is 10.6 Å². The van der Waals surface area contributed by atoms with Gasteiger partial charge in [-0.15, -0.1) is 12.6 Å². The van der Waals surface area contributed by atoms with E-state index in [9.17, 15) is 14.9 Å². The molecule has 1 aliphatic heterocycles. The molecule has 4 rings (SSSR count). The lowest BCUT2D eigenvalue weighted by atomic mass is 9.83. The SMILES string of the molecule is CC(C)N1C(=O)C2=C(N)c3ccc(C#N)cc3C(=O)C2=C1c1ccc(S)cc1. The van der Waals surface area contributed by atoms with E-state index in [1.165, 1.54) is 6.07 Å². The van der Waals surface area contributed by atoms with Crippen molar-refractivity contribution < 1.29 is 9.59 Å². The van der Waals surface area contributed by atoms with Crippen molar-refractivity contribution in [2.45, 2.75) is 24.8 Å². The molecule has 0 unspecified atom stereocenters. The average Bonchev–Trinajstić information content (AvgIpc) is 3.00. The van der Waals surface area contributed by atoms with E-state index >= 15 is 0 Å². The van der Waals surface area contributed by atoms with Crippen LogP contribution in [0.5, 0.6) is 0 Å². The molecular formula is C22H17N3O2S. The Balaban J connectivity index is 2.07. The number of Topliss-reactive ketones (excluding diaryl/α,β-unsaturated/α-hetero) is 1. The molecule has 2 aromatic carbocycles. The smallest absolute Gasteiger partial charge is 0.261 e. The van der Waals surface area contributed by atoms with Crippen LogP contribution in [-0.2, 0) is 4.79 Å². The monoisotopic (exact) mass is 387 g/mol. The van der Waals surface area contributed by atoms with Crippen LogP contribution >= 0.6 is 12.6 Å². The zero-order valence-electron chi connectivity index (χ0n) is 15.4. The minimum absolute atomic E-state index is 0.165. The van der Waals surface area contributed by atoms with E-state index in [1.54, 1.807) is 17.0 Å². The van der Waals surface area contributed by atoms with E-state index in [0.717, 1.165) is 10.5 Å². The first-order valence-electron chi connectivity index (χ1n) is 8.81. The van der Waals surface area contributed by atoms with E-state index < -0.39 is 0 Å². The fourth-order valence-electron chi connectivity index (χ4n) is 3.74. The molecule has 0 fully saturated rings. The second kappa shape index (κ2) is 6.39. The largest absolute Gasteiger partial charge is 0.398 e. The molecular weight excluding hydrogens is 370 g/mol. The fourth-order valence-corrected chi connectivity index (χ4v) is 3.89. The van der Waals surface area contributed by atoms with Gasteiger partial charge in [-0.1, -0.05) is 18.2 Å². The number of carbonyl (C=O) groups excluding carboxylic acids is 2. The molecule has 1 amide bonds. The van der Waals surface area contributed by atoms with Crippen LogP contribution in [0, 0.1) is 11.3 Å². The van der Waals surface area contributed by atoms with Crippen molar-refractivity contribution in [1.82, 2.24) is 4.90 Å². The quantitative estimate of drug-likeness (QED) is 0.774. The Bertz CT molecular complexity index is 1150. The van der Waals surface area contributed by atoms with Crippen LogP contribution in [0.4, 0.5) is 0 Å². The molecule has 1 heterocycles. The van der Waals surface area contributed by atoms with Crippen molar-refractivity contribution in [2.75, 3.05) is 0 Å². The van der Waals surface area contributed by atoms with Gasteiger partial charge in [-0.2, -0.15) is 5.26 Å². The lowest BCUT2D eigenvalue weighted by molar-refractivity contribution is -0.124. The molecule has 0 atom stereocenters.